The van der Waals surface area contributed by atoms with Gasteiger partial charge in [0.25, 0.3) is 0 Å². The predicted octanol–water partition coefficient (Wildman–Crippen LogP) is 4.17. The van der Waals surface area contributed by atoms with Gasteiger partial charge >= 0.3 is 0 Å². The van der Waals surface area contributed by atoms with Crippen LogP contribution in [0.15, 0.2) is 23.8 Å². The first kappa shape index (κ1) is 15.4. The van der Waals surface area contributed by atoms with Crippen LogP contribution in [0.4, 0.5) is 0 Å². The van der Waals surface area contributed by atoms with Crippen molar-refractivity contribution in [1.29, 1.82) is 0 Å². The Morgan fingerprint density at radius 1 is 1.19 bits per heavy atom. The van der Waals surface area contributed by atoms with E-state index in [2.05, 4.69) is 47.4 Å². The molecule has 0 atom stereocenters. The molecule has 0 spiro atoms. The molecular weight excluding hydrogens is 194 g/mol. The monoisotopic (exact) mass is 224 g/mol. The third-order valence-electron chi connectivity index (χ3n) is 3.46. The topological polar surface area (TPSA) is 0 Å². The summed E-state index contributed by atoms with van der Waals surface area (Å²) in [5.74, 6) is 0. The molecule has 0 unspecified atom stereocenters. The highest BCUT2D eigenvalue weighted by Crippen LogP contribution is 2.10. The normalized spacial score (nSPS) is 12.9. The second kappa shape index (κ2) is 7.67. The van der Waals surface area contributed by atoms with E-state index in [1.807, 2.05) is 0 Å². The first-order chi connectivity index (χ1) is 7.43. The van der Waals surface area contributed by atoms with Crippen molar-refractivity contribution < 1.29 is 4.48 Å². The Hall–Kier alpha value is -0.560. The highest BCUT2D eigenvalue weighted by atomic mass is 15.3. The van der Waals surface area contributed by atoms with Gasteiger partial charge in [0.2, 0.25) is 0 Å². The van der Waals surface area contributed by atoms with Gasteiger partial charge in [-0.1, -0.05) is 11.6 Å². The standard InChI is InChI=1S/C15H30N/c1-7-16(6,8-2)13-15(5)12-10-9-11-14(3)4/h12H,3,7-11,13H2,1-2,4-6H3/q+1. The molecule has 0 aliphatic carbocycles. The van der Waals surface area contributed by atoms with Gasteiger partial charge in [-0.2, -0.15) is 0 Å². The molecule has 0 heterocycles. The molecule has 0 fully saturated rings. The highest BCUT2D eigenvalue weighted by molar-refractivity contribution is 4.99. The van der Waals surface area contributed by atoms with Gasteiger partial charge in [-0.3, -0.25) is 0 Å². The van der Waals surface area contributed by atoms with Crippen molar-refractivity contribution in [2.75, 3.05) is 26.7 Å². The zero-order valence-corrected chi connectivity index (χ0v) is 12.0. The fraction of sp³-hybridized carbons (Fsp3) is 0.733. The van der Waals surface area contributed by atoms with Gasteiger partial charge in [0, 0.05) is 0 Å². The van der Waals surface area contributed by atoms with E-state index >= 15 is 0 Å². The van der Waals surface area contributed by atoms with Gasteiger partial charge in [0.15, 0.2) is 0 Å². The van der Waals surface area contributed by atoms with Crippen LogP contribution in [-0.4, -0.2) is 31.2 Å². The maximum absolute atomic E-state index is 3.93. The van der Waals surface area contributed by atoms with E-state index in [9.17, 15) is 0 Å². The molecule has 0 aromatic carbocycles. The summed E-state index contributed by atoms with van der Waals surface area (Å²) >= 11 is 0. The second-order valence-corrected chi connectivity index (χ2v) is 5.31. The Morgan fingerprint density at radius 2 is 1.75 bits per heavy atom. The fourth-order valence-corrected chi connectivity index (χ4v) is 1.87. The van der Waals surface area contributed by atoms with Crippen LogP contribution in [-0.2, 0) is 0 Å². The molecule has 0 radical (unpaired) electrons. The van der Waals surface area contributed by atoms with Crippen LogP contribution in [0.3, 0.4) is 0 Å². The number of quaternary nitrogens is 1. The van der Waals surface area contributed by atoms with Crippen LogP contribution in [0.1, 0.15) is 47.0 Å². The van der Waals surface area contributed by atoms with Crippen LogP contribution in [0.5, 0.6) is 0 Å². The van der Waals surface area contributed by atoms with E-state index in [0.29, 0.717) is 0 Å². The summed E-state index contributed by atoms with van der Waals surface area (Å²) in [7, 11) is 2.34. The summed E-state index contributed by atoms with van der Waals surface area (Å²) in [5, 5.41) is 0. The zero-order chi connectivity index (χ0) is 12.6. The smallest absolute Gasteiger partial charge is 0.0998 e. The van der Waals surface area contributed by atoms with E-state index in [-0.39, 0.29) is 0 Å². The molecule has 1 heteroatoms. The van der Waals surface area contributed by atoms with Crippen LogP contribution >= 0.6 is 0 Å². The number of rotatable bonds is 8. The van der Waals surface area contributed by atoms with Gasteiger partial charge in [-0.15, -0.1) is 6.58 Å². The maximum atomic E-state index is 3.93. The van der Waals surface area contributed by atoms with Gasteiger partial charge < -0.3 is 4.48 Å². The number of likely N-dealkylation sites (N-methyl/N-ethyl adjacent to an activating group) is 1. The Labute approximate surface area is 102 Å². The van der Waals surface area contributed by atoms with Crippen LogP contribution < -0.4 is 0 Å². The molecule has 0 aromatic heterocycles. The van der Waals surface area contributed by atoms with Crippen LogP contribution in [0, 0.1) is 0 Å². The Bertz CT molecular complexity index is 234. The van der Waals surface area contributed by atoms with E-state index in [4.69, 9.17) is 0 Å². The highest BCUT2D eigenvalue weighted by Gasteiger charge is 2.16. The molecule has 0 rings (SSSR count). The van der Waals surface area contributed by atoms with Crippen molar-refractivity contribution in [1.82, 2.24) is 0 Å². The van der Waals surface area contributed by atoms with Gasteiger partial charge in [-0.05, 0) is 52.5 Å². The minimum Gasteiger partial charge on any atom is -0.323 e. The molecule has 0 aromatic rings. The van der Waals surface area contributed by atoms with Crippen LogP contribution in [0.2, 0.25) is 0 Å². The first-order valence-electron chi connectivity index (χ1n) is 6.57. The summed E-state index contributed by atoms with van der Waals surface area (Å²) in [6.45, 7) is 16.5. The Kier molecular flexibility index (Phi) is 7.40. The minimum absolute atomic E-state index is 1.16. The molecular formula is C15H30N+. The Morgan fingerprint density at radius 3 is 2.19 bits per heavy atom. The Balaban J connectivity index is 3.99. The zero-order valence-electron chi connectivity index (χ0n) is 12.0. The molecule has 94 valence electrons. The number of hydrogen-bond acceptors (Lipinski definition) is 0. The molecule has 1 nitrogen and oxygen atoms in total. The lowest BCUT2D eigenvalue weighted by atomic mass is 10.1. The summed E-state index contributed by atoms with van der Waals surface area (Å²) in [6, 6.07) is 0. The van der Waals surface area contributed by atoms with Crippen LogP contribution in [0.25, 0.3) is 0 Å². The lowest BCUT2D eigenvalue weighted by Gasteiger charge is -2.32. The quantitative estimate of drug-likeness (QED) is 0.330. The lowest BCUT2D eigenvalue weighted by molar-refractivity contribution is -0.901. The van der Waals surface area contributed by atoms with Crippen molar-refractivity contribution in [3.8, 4) is 0 Å². The van der Waals surface area contributed by atoms with Crippen molar-refractivity contribution in [2.24, 2.45) is 0 Å². The van der Waals surface area contributed by atoms with Gasteiger partial charge in [0.05, 0.1) is 26.7 Å². The van der Waals surface area contributed by atoms with E-state index < -0.39 is 0 Å². The van der Waals surface area contributed by atoms with Crippen molar-refractivity contribution in [3.05, 3.63) is 23.8 Å². The summed E-state index contributed by atoms with van der Waals surface area (Å²) in [4.78, 5) is 0. The third-order valence-corrected chi connectivity index (χ3v) is 3.46. The molecule has 0 N–H and O–H groups in total. The fourth-order valence-electron chi connectivity index (χ4n) is 1.87. The number of allylic oxidation sites excluding steroid dienone is 2. The largest absolute Gasteiger partial charge is 0.323 e. The molecule has 0 aliphatic rings. The average molecular weight is 224 g/mol. The minimum atomic E-state index is 1.16. The summed E-state index contributed by atoms with van der Waals surface area (Å²) in [5.41, 5.74) is 2.83. The van der Waals surface area contributed by atoms with E-state index in [1.165, 1.54) is 43.6 Å². The molecule has 0 bridgehead atoms. The first-order valence-corrected chi connectivity index (χ1v) is 6.57. The molecule has 0 aliphatic heterocycles. The third kappa shape index (κ3) is 6.84. The molecule has 0 saturated heterocycles. The summed E-state index contributed by atoms with van der Waals surface area (Å²) in [6.07, 6.45) is 6.02. The van der Waals surface area contributed by atoms with E-state index in [0.717, 1.165) is 10.9 Å². The van der Waals surface area contributed by atoms with Crippen molar-refractivity contribution in [2.45, 2.75) is 47.0 Å². The molecule has 0 saturated carbocycles. The SMILES string of the molecule is C=C(C)CCCC=C(C)C[N+](C)(CC)CC. The van der Waals surface area contributed by atoms with E-state index in [1.54, 1.807) is 0 Å². The number of hydrogen-bond donors (Lipinski definition) is 0. The molecule has 0 amide bonds. The van der Waals surface area contributed by atoms with Gasteiger partial charge in [-0.25, -0.2) is 0 Å². The number of nitrogens with zero attached hydrogens (tertiary/aromatic N) is 1. The molecule has 16 heavy (non-hydrogen) atoms. The summed E-state index contributed by atoms with van der Waals surface area (Å²) < 4.78 is 1.16. The van der Waals surface area contributed by atoms with Gasteiger partial charge in [0.1, 0.15) is 0 Å². The van der Waals surface area contributed by atoms with Crippen molar-refractivity contribution >= 4 is 0 Å². The number of unbranched alkanes of at least 4 members (excludes halogenated alkanes) is 1. The lowest BCUT2D eigenvalue weighted by Crippen LogP contribution is -2.44. The average Bonchev–Trinajstić information content (AvgIpc) is 2.24. The predicted molar refractivity (Wildman–Crippen MR) is 74.6 cm³/mol. The van der Waals surface area contributed by atoms with Crippen molar-refractivity contribution in [3.63, 3.8) is 0 Å². The maximum Gasteiger partial charge on any atom is 0.0998 e. The second-order valence-electron chi connectivity index (χ2n) is 5.31.